The fourth-order valence-electron chi connectivity index (χ4n) is 3.45. The molecule has 1 N–H and O–H groups in total. The molecule has 0 aromatic heterocycles. The van der Waals surface area contributed by atoms with Crippen molar-refractivity contribution >= 4 is 11.6 Å². The third kappa shape index (κ3) is 5.41. The molecule has 4 nitrogen and oxygen atoms in total. The summed E-state index contributed by atoms with van der Waals surface area (Å²) in [5.41, 5.74) is 4.55. The Hall–Kier alpha value is -2.17. The summed E-state index contributed by atoms with van der Waals surface area (Å²) in [5, 5.41) is 3.08. The second-order valence-electron chi connectivity index (χ2n) is 7.26. The van der Waals surface area contributed by atoms with E-state index in [9.17, 15) is 4.79 Å². The number of hydrogen-bond donors (Lipinski definition) is 1. The quantitative estimate of drug-likeness (QED) is 0.896. The molecule has 0 bridgehead atoms. The Bertz CT molecular complexity index is 729. The zero-order valence-electron chi connectivity index (χ0n) is 15.9. The molecule has 0 saturated carbocycles. The van der Waals surface area contributed by atoms with Crippen LogP contribution >= 0.6 is 0 Å². The molecular formula is C22H29N3O. The third-order valence-corrected chi connectivity index (χ3v) is 4.96. The standard InChI is InChI=1S/C22H29N3O/c1-18-9-10-19(2)21(15-18)23-22(26)17-25-12-6-11-24(13-14-25)16-20-7-4-3-5-8-20/h3-5,7-10,15H,6,11-14,16-17H2,1-2H3,(H,23,26). The van der Waals surface area contributed by atoms with Crippen molar-refractivity contribution in [3.63, 3.8) is 0 Å². The molecule has 26 heavy (non-hydrogen) atoms. The van der Waals surface area contributed by atoms with Gasteiger partial charge in [-0.05, 0) is 56.1 Å². The van der Waals surface area contributed by atoms with E-state index in [0.717, 1.165) is 56.0 Å². The second kappa shape index (κ2) is 8.97. The van der Waals surface area contributed by atoms with Gasteiger partial charge in [0.1, 0.15) is 0 Å². The summed E-state index contributed by atoms with van der Waals surface area (Å²) in [7, 11) is 0. The normalized spacial score (nSPS) is 16.2. The lowest BCUT2D eigenvalue weighted by Gasteiger charge is -2.21. The average molecular weight is 351 g/mol. The molecule has 1 heterocycles. The monoisotopic (exact) mass is 351 g/mol. The van der Waals surface area contributed by atoms with Gasteiger partial charge in [0, 0.05) is 25.3 Å². The van der Waals surface area contributed by atoms with E-state index in [1.807, 2.05) is 19.9 Å². The number of carbonyl (C=O) groups is 1. The molecule has 3 rings (SSSR count). The van der Waals surface area contributed by atoms with Crippen molar-refractivity contribution < 1.29 is 4.79 Å². The Kier molecular flexibility index (Phi) is 6.42. The maximum Gasteiger partial charge on any atom is 0.238 e. The SMILES string of the molecule is Cc1ccc(C)c(NC(=O)CN2CCCN(Cc3ccccc3)CC2)c1. The summed E-state index contributed by atoms with van der Waals surface area (Å²) < 4.78 is 0. The van der Waals surface area contributed by atoms with Gasteiger partial charge in [0.15, 0.2) is 0 Å². The van der Waals surface area contributed by atoms with Gasteiger partial charge < -0.3 is 5.32 Å². The smallest absolute Gasteiger partial charge is 0.238 e. The van der Waals surface area contributed by atoms with Crippen LogP contribution in [-0.2, 0) is 11.3 Å². The summed E-state index contributed by atoms with van der Waals surface area (Å²) in [5.74, 6) is 0.0789. The van der Waals surface area contributed by atoms with Crippen LogP contribution in [0.2, 0.25) is 0 Å². The molecule has 1 saturated heterocycles. The van der Waals surface area contributed by atoms with Crippen LogP contribution in [0, 0.1) is 13.8 Å². The molecule has 1 aliphatic rings. The lowest BCUT2D eigenvalue weighted by molar-refractivity contribution is -0.117. The molecule has 0 atom stereocenters. The highest BCUT2D eigenvalue weighted by Gasteiger charge is 2.17. The summed E-state index contributed by atoms with van der Waals surface area (Å²) in [6, 6.07) is 16.8. The van der Waals surface area contributed by atoms with E-state index in [4.69, 9.17) is 0 Å². The van der Waals surface area contributed by atoms with Crippen LogP contribution in [0.5, 0.6) is 0 Å². The molecule has 2 aromatic carbocycles. The molecule has 0 radical (unpaired) electrons. The molecule has 2 aromatic rings. The Labute approximate surface area is 156 Å². The van der Waals surface area contributed by atoms with Crippen LogP contribution in [0.3, 0.4) is 0 Å². The van der Waals surface area contributed by atoms with Crippen LogP contribution in [0.1, 0.15) is 23.1 Å². The molecular weight excluding hydrogens is 322 g/mol. The molecule has 0 unspecified atom stereocenters. The molecule has 1 aliphatic heterocycles. The first-order valence-corrected chi connectivity index (χ1v) is 9.46. The van der Waals surface area contributed by atoms with Crippen molar-refractivity contribution in [2.45, 2.75) is 26.8 Å². The van der Waals surface area contributed by atoms with Crippen LogP contribution < -0.4 is 5.32 Å². The predicted octanol–water partition coefficient (Wildman–Crippen LogP) is 3.45. The summed E-state index contributed by atoms with van der Waals surface area (Å²) in [6.45, 7) is 9.54. The van der Waals surface area contributed by atoms with Gasteiger partial charge in [-0.2, -0.15) is 0 Å². The third-order valence-electron chi connectivity index (χ3n) is 4.96. The van der Waals surface area contributed by atoms with E-state index in [0.29, 0.717) is 6.54 Å². The highest BCUT2D eigenvalue weighted by Crippen LogP contribution is 2.16. The zero-order valence-corrected chi connectivity index (χ0v) is 15.9. The average Bonchev–Trinajstić information content (AvgIpc) is 2.84. The maximum absolute atomic E-state index is 12.5. The Morgan fingerprint density at radius 1 is 0.962 bits per heavy atom. The second-order valence-corrected chi connectivity index (χ2v) is 7.26. The maximum atomic E-state index is 12.5. The van der Waals surface area contributed by atoms with Gasteiger partial charge in [-0.25, -0.2) is 0 Å². The van der Waals surface area contributed by atoms with Gasteiger partial charge in [-0.3, -0.25) is 14.6 Å². The van der Waals surface area contributed by atoms with Crippen LogP contribution in [0.15, 0.2) is 48.5 Å². The van der Waals surface area contributed by atoms with Gasteiger partial charge in [0.05, 0.1) is 6.54 Å². The summed E-state index contributed by atoms with van der Waals surface area (Å²) >= 11 is 0. The van der Waals surface area contributed by atoms with Crippen LogP contribution in [-0.4, -0.2) is 48.4 Å². The number of aryl methyl sites for hydroxylation is 2. The van der Waals surface area contributed by atoms with Gasteiger partial charge >= 0.3 is 0 Å². The Morgan fingerprint density at radius 3 is 2.50 bits per heavy atom. The number of carbonyl (C=O) groups excluding carboxylic acids is 1. The van der Waals surface area contributed by atoms with Gasteiger partial charge in [-0.15, -0.1) is 0 Å². The number of rotatable bonds is 5. The van der Waals surface area contributed by atoms with E-state index in [1.54, 1.807) is 0 Å². The van der Waals surface area contributed by atoms with E-state index in [1.165, 1.54) is 5.56 Å². The molecule has 138 valence electrons. The lowest BCUT2D eigenvalue weighted by atomic mass is 10.1. The summed E-state index contributed by atoms with van der Waals surface area (Å²) in [6.07, 6.45) is 1.10. The first-order valence-electron chi connectivity index (χ1n) is 9.46. The largest absolute Gasteiger partial charge is 0.325 e. The first kappa shape index (κ1) is 18.6. The van der Waals surface area contributed by atoms with Gasteiger partial charge in [0.25, 0.3) is 0 Å². The van der Waals surface area contributed by atoms with E-state index in [-0.39, 0.29) is 5.91 Å². The fourth-order valence-corrected chi connectivity index (χ4v) is 3.45. The van der Waals surface area contributed by atoms with Crippen molar-refractivity contribution in [3.05, 3.63) is 65.2 Å². The van der Waals surface area contributed by atoms with Crippen molar-refractivity contribution in [3.8, 4) is 0 Å². The van der Waals surface area contributed by atoms with Crippen LogP contribution in [0.4, 0.5) is 5.69 Å². The summed E-state index contributed by atoms with van der Waals surface area (Å²) in [4.78, 5) is 17.2. The Balaban J connectivity index is 1.49. The number of nitrogens with zero attached hydrogens (tertiary/aromatic N) is 2. The van der Waals surface area contributed by atoms with E-state index < -0.39 is 0 Å². The first-order chi connectivity index (χ1) is 12.6. The highest BCUT2D eigenvalue weighted by atomic mass is 16.2. The lowest BCUT2D eigenvalue weighted by Crippen LogP contribution is -2.36. The number of hydrogen-bond acceptors (Lipinski definition) is 3. The molecule has 0 spiro atoms. The van der Waals surface area contributed by atoms with E-state index in [2.05, 4.69) is 57.6 Å². The predicted molar refractivity (Wildman–Crippen MR) is 107 cm³/mol. The topological polar surface area (TPSA) is 35.6 Å². The number of anilines is 1. The fraction of sp³-hybridized carbons (Fsp3) is 0.409. The number of nitrogens with one attached hydrogen (secondary N) is 1. The number of benzene rings is 2. The van der Waals surface area contributed by atoms with Crippen LogP contribution in [0.25, 0.3) is 0 Å². The molecule has 4 heteroatoms. The van der Waals surface area contributed by atoms with Gasteiger partial charge in [-0.1, -0.05) is 42.5 Å². The minimum absolute atomic E-state index is 0.0789. The highest BCUT2D eigenvalue weighted by molar-refractivity contribution is 5.93. The minimum atomic E-state index is 0.0789. The molecule has 0 aliphatic carbocycles. The van der Waals surface area contributed by atoms with E-state index >= 15 is 0 Å². The van der Waals surface area contributed by atoms with Crippen molar-refractivity contribution in [2.24, 2.45) is 0 Å². The van der Waals surface area contributed by atoms with Crippen molar-refractivity contribution in [2.75, 3.05) is 38.0 Å². The molecule has 1 fully saturated rings. The zero-order chi connectivity index (χ0) is 18.4. The van der Waals surface area contributed by atoms with Crippen molar-refractivity contribution in [1.82, 2.24) is 9.80 Å². The molecule has 1 amide bonds. The minimum Gasteiger partial charge on any atom is -0.325 e. The number of amides is 1. The van der Waals surface area contributed by atoms with Crippen molar-refractivity contribution in [1.29, 1.82) is 0 Å². The van der Waals surface area contributed by atoms with Gasteiger partial charge in [0.2, 0.25) is 5.91 Å². The Morgan fingerprint density at radius 2 is 1.69 bits per heavy atom.